The zero-order chi connectivity index (χ0) is 13.2. The predicted molar refractivity (Wildman–Crippen MR) is 71.0 cm³/mol. The van der Waals surface area contributed by atoms with Gasteiger partial charge < -0.3 is 0 Å². The third-order valence-electron chi connectivity index (χ3n) is 3.28. The van der Waals surface area contributed by atoms with Crippen molar-refractivity contribution in [1.82, 2.24) is 9.29 Å². The summed E-state index contributed by atoms with van der Waals surface area (Å²) in [6, 6.07) is 3.02. The van der Waals surface area contributed by atoms with E-state index in [1.807, 2.05) is 0 Å². The first kappa shape index (κ1) is 13.8. The lowest BCUT2D eigenvalue weighted by molar-refractivity contribution is 0.444. The number of hydrogen-bond donors (Lipinski definition) is 0. The van der Waals surface area contributed by atoms with Crippen LogP contribution in [0.25, 0.3) is 0 Å². The maximum Gasteiger partial charge on any atom is 0.244 e. The first-order valence-electron chi connectivity index (χ1n) is 6.15. The van der Waals surface area contributed by atoms with Crippen molar-refractivity contribution < 1.29 is 8.42 Å². The van der Waals surface area contributed by atoms with E-state index >= 15 is 0 Å². The lowest BCUT2D eigenvalue weighted by Gasteiger charge is -2.16. The van der Waals surface area contributed by atoms with Crippen LogP contribution >= 0.6 is 11.6 Å². The fraction of sp³-hybridized carbons (Fsp3) is 0.583. The lowest BCUT2D eigenvalue weighted by Crippen LogP contribution is -2.29. The summed E-state index contributed by atoms with van der Waals surface area (Å²) in [6.07, 6.45) is 4.46. The molecule has 1 aliphatic heterocycles. The summed E-state index contributed by atoms with van der Waals surface area (Å²) >= 11 is 5.67. The van der Waals surface area contributed by atoms with Crippen molar-refractivity contribution in [3.8, 4) is 0 Å². The van der Waals surface area contributed by atoms with Gasteiger partial charge in [-0.25, -0.2) is 13.4 Å². The quantitative estimate of drug-likeness (QED) is 0.800. The Morgan fingerprint density at radius 1 is 1.50 bits per heavy atom. The smallest absolute Gasteiger partial charge is 0.243 e. The van der Waals surface area contributed by atoms with Crippen LogP contribution in [0.5, 0.6) is 0 Å². The maximum absolute atomic E-state index is 12.3. The van der Waals surface area contributed by atoms with Crippen LogP contribution in [-0.4, -0.2) is 30.8 Å². The van der Waals surface area contributed by atoms with E-state index in [-0.39, 0.29) is 4.90 Å². The molecule has 0 bridgehead atoms. The summed E-state index contributed by atoms with van der Waals surface area (Å²) in [7, 11) is -3.39. The number of aromatic nitrogens is 1. The molecule has 1 fully saturated rings. The van der Waals surface area contributed by atoms with E-state index in [0.717, 1.165) is 19.3 Å². The zero-order valence-corrected chi connectivity index (χ0v) is 11.9. The molecule has 18 heavy (non-hydrogen) atoms. The third-order valence-corrected chi connectivity index (χ3v) is 5.36. The van der Waals surface area contributed by atoms with Gasteiger partial charge in [0.1, 0.15) is 10.0 Å². The highest BCUT2D eigenvalue weighted by Gasteiger charge is 2.32. The highest BCUT2D eigenvalue weighted by Crippen LogP contribution is 2.26. The number of halogens is 1. The summed E-state index contributed by atoms with van der Waals surface area (Å²) in [5.74, 6) is 0.491. The first-order valence-corrected chi connectivity index (χ1v) is 7.97. The summed E-state index contributed by atoms with van der Waals surface area (Å²) < 4.78 is 26.2. The second kappa shape index (κ2) is 5.55. The molecule has 1 aliphatic rings. The molecular formula is C12H17ClN2O2S. The summed E-state index contributed by atoms with van der Waals surface area (Å²) in [4.78, 5) is 4.06. The minimum atomic E-state index is -3.39. The van der Waals surface area contributed by atoms with Gasteiger partial charge in [0.2, 0.25) is 10.0 Å². The monoisotopic (exact) mass is 288 g/mol. The van der Waals surface area contributed by atoms with Crippen molar-refractivity contribution in [1.29, 1.82) is 0 Å². The highest BCUT2D eigenvalue weighted by atomic mass is 35.5. The molecule has 0 amide bonds. The van der Waals surface area contributed by atoms with Gasteiger partial charge in [-0.2, -0.15) is 4.31 Å². The second-order valence-electron chi connectivity index (χ2n) is 4.62. The average molecular weight is 289 g/mol. The molecular weight excluding hydrogens is 272 g/mol. The molecule has 0 saturated carbocycles. The van der Waals surface area contributed by atoms with Gasteiger partial charge in [-0.3, -0.25) is 0 Å². The molecule has 1 aromatic rings. The third kappa shape index (κ3) is 2.84. The average Bonchev–Trinajstić information content (AvgIpc) is 2.79. The van der Waals surface area contributed by atoms with Crippen LogP contribution in [0, 0.1) is 5.92 Å². The van der Waals surface area contributed by atoms with Crippen LogP contribution in [0.1, 0.15) is 26.2 Å². The van der Waals surface area contributed by atoms with Crippen molar-refractivity contribution in [2.24, 2.45) is 5.92 Å². The van der Waals surface area contributed by atoms with Gasteiger partial charge in [0.25, 0.3) is 0 Å². The summed E-state index contributed by atoms with van der Waals surface area (Å²) in [5, 5.41) is 0.305. The summed E-state index contributed by atoms with van der Waals surface area (Å²) in [6.45, 7) is 3.36. The van der Waals surface area contributed by atoms with Gasteiger partial charge in [-0.1, -0.05) is 24.9 Å². The van der Waals surface area contributed by atoms with Crippen LogP contribution < -0.4 is 0 Å². The van der Waals surface area contributed by atoms with E-state index in [0.29, 0.717) is 24.2 Å². The Balaban J connectivity index is 2.15. The van der Waals surface area contributed by atoms with E-state index in [2.05, 4.69) is 11.9 Å². The zero-order valence-electron chi connectivity index (χ0n) is 10.3. The Bertz CT molecular complexity index is 501. The molecule has 2 heterocycles. The minimum absolute atomic E-state index is 0.226. The molecule has 1 aromatic heterocycles. The number of nitrogens with zero attached hydrogens (tertiary/aromatic N) is 2. The van der Waals surface area contributed by atoms with Gasteiger partial charge in [-0.05, 0) is 30.9 Å². The Kier molecular flexibility index (Phi) is 4.25. The van der Waals surface area contributed by atoms with Crippen molar-refractivity contribution in [2.75, 3.05) is 13.1 Å². The van der Waals surface area contributed by atoms with E-state index < -0.39 is 10.0 Å². The molecule has 0 aromatic carbocycles. The molecule has 1 atom stereocenters. The number of rotatable bonds is 4. The van der Waals surface area contributed by atoms with E-state index in [9.17, 15) is 8.42 Å². The fourth-order valence-electron chi connectivity index (χ4n) is 2.32. The fourth-order valence-corrected chi connectivity index (χ4v) is 3.91. The van der Waals surface area contributed by atoms with Crippen LogP contribution in [0.4, 0.5) is 0 Å². The molecule has 100 valence electrons. The van der Waals surface area contributed by atoms with Crippen LogP contribution in [0.2, 0.25) is 5.15 Å². The molecule has 4 nitrogen and oxygen atoms in total. The Hall–Kier alpha value is -0.650. The maximum atomic E-state index is 12.3. The number of pyridine rings is 1. The standard InChI is InChI=1S/C12H17ClN2O2S/c1-2-3-10-6-7-15(9-10)18(16,17)11-4-5-12(13)14-8-11/h4-5,8,10H,2-3,6-7,9H2,1H3. The lowest BCUT2D eigenvalue weighted by atomic mass is 10.0. The topological polar surface area (TPSA) is 50.3 Å². The van der Waals surface area contributed by atoms with Crippen LogP contribution in [-0.2, 0) is 10.0 Å². The second-order valence-corrected chi connectivity index (χ2v) is 6.95. The van der Waals surface area contributed by atoms with Gasteiger partial charge in [0.15, 0.2) is 0 Å². The van der Waals surface area contributed by atoms with Crippen molar-refractivity contribution in [2.45, 2.75) is 31.1 Å². The normalized spacial score (nSPS) is 21.3. The number of hydrogen-bond acceptors (Lipinski definition) is 3. The number of sulfonamides is 1. The molecule has 2 rings (SSSR count). The van der Waals surface area contributed by atoms with Gasteiger partial charge in [-0.15, -0.1) is 0 Å². The largest absolute Gasteiger partial charge is 0.244 e. The summed E-state index contributed by atoms with van der Waals surface area (Å²) in [5.41, 5.74) is 0. The van der Waals surface area contributed by atoms with E-state index in [1.165, 1.54) is 18.3 Å². The van der Waals surface area contributed by atoms with Crippen LogP contribution in [0.3, 0.4) is 0 Å². The van der Waals surface area contributed by atoms with E-state index in [1.54, 1.807) is 4.31 Å². The molecule has 1 unspecified atom stereocenters. The molecule has 0 radical (unpaired) electrons. The van der Waals surface area contributed by atoms with Crippen molar-refractivity contribution in [3.63, 3.8) is 0 Å². The van der Waals surface area contributed by atoms with Gasteiger partial charge >= 0.3 is 0 Å². The molecule has 0 spiro atoms. The molecule has 1 saturated heterocycles. The first-order chi connectivity index (χ1) is 8.54. The predicted octanol–water partition coefficient (Wildman–Crippen LogP) is 2.55. The van der Waals surface area contributed by atoms with Crippen molar-refractivity contribution in [3.05, 3.63) is 23.5 Å². The Labute approximate surface area is 113 Å². The molecule has 0 aliphatic carbocycles. The Morgan fingerprint density at radius 3 is 2.89 bits per heavy atom. The van der Waals surface area contributed by atoms with Crippen LogP contribution in [0.15, 0.2) is 23.2 Å². The molecule has 6 heteroatoms. The highest BCUT2D eigenvalue weighted by molar-refractivity contribution is 7.89. The molecule has 0 N–H and O–H groups in total. The van der Waals surface area contributed by atoms with Gasteiger partial charge in [0.05, 0.1) is 0 Å². The minimum Gasteiger partial charge on any atom is -0.243 e. The van der Waals surface area contributed by atoms with E-state index in [4.69, 9.17) is 11.6 Å². The SMILES string of the molecule is CCCC1CCN(S(=O)(=O)c2ccc(Cl)nc2)C1. The van der Waals surface area contributed by atoms with Gasteiger partial charge in [0, 0.05) is 19.3 Å². The van der Waals surface area contributed by atoms with Crippen molar-refractivity contribution >= 4 is 21.6 Å². The Morgan fingerprint density at radius 2 is 2.28 bits per heavy atom.